The van der Waals surface area contributed by atoms with Gasteiger partial charge >= 0.3 is 6.09 Å². The molecule has 7 heteroatoms. The topological polar surface area (TPSA) is 82.2 Å². The first-order valence-corrected chi connectivity index (χ1v) is 8.09. The Labute approximate surface area is 146 Å². The van der Waals surface area contributed by atoms with Crippen LogP contribution in [0.25, 0.3) is 11.1 Å². The highest BCUT2D eigenvalue weighted by Gasteiger charge is 2.15. The summed E-state index contributed by atoms with van der Waals surface area (Å²) in [5.74, 6) is 0. The van der Waals surface area contributed by atoms with Gasteiger partial charge in [0.25, 0.3) is 0 Å². The van der Waals surface area contributed by atoms with E-state index in [1.807, 2.05) is 46.0 Å². The predicted molar refractivity (Wildman–Crippen MR) is 96.1 cm³/mol. The summed E-state index contributed by atoms with van der Waals surface area (Å²) in [7, 11) is 0. The highest BCUT2D eigenvalue weighted by molar-refractivity contribution is 6.34. The van der Waals surface area contributed by atoms with Gasteiger partial charge in [-0.1, -0.05) is 17.7 Å². The molecular formula is C17H23ClN4O2. The molecule has 1 amide bonds. The first-order chi connectivity index (χ1) is 11.2. The predicted octanol–water partition coefficient (Wildman–Crippen LogP) is 3.62. The average molecular weight is 351 g/mol. The molecule has 1 aromatic heterocycles. The molecule has 0 bridgehead atoms. The molecule has 130 valence electrons. The van der Waals surface area contributed by atoms with E-state index in [0.717, 1.165) is 16.7 Å². The van der Waals surface area contributed by atoms with E-state index in [-0.39, 0.29) is 0 Å². The third kappa shape index (κ3) is 4.64. The molecule has 24 heavy (non-hydrogen) atoms. The molecule has 0 radical (unpaired) electrons. The number of alkyl carbamates (subject to hydrolysis) is 1. The molecule has 0 aliphatic rings. The van der Waals surface area contributed by atoms with E-state index < -0.39 is 11.7 Å². The molecule has 2 aromatic rings. The molecule has 6 nitrogen and oxygen atoms in total. The van der Waals surface area contributed by atoms with Crippen molar-refractivity contribution in [1.29, 1.82) is 0 Å². The van der Waals surface area contributed by atoms with Gasteiger partial charge in [0.15, 0.2) is 0 Å². The highest BCUT2D eigenvalue weighted by atomic mass is 35.5. The first-order valence-electron chi connectivity index (χ1n) is 7.71. The van der Waals surface area contributed by atoms with Crippen LogP contribution in [0.4, 0.5) is 10.5 Å². The Morgan fingerprint density at radius 1 is 1.42 bits per heavy atom. The highest BCUT2D eigenvalue weighted by Crippen LogP contribution is 2.32. The van der Waals surface area contributed by atoms with Crippen LogP contribution in [-0.4, -0.2) is 28.0 Å². The number of ether oxygens (including phenoxy) is 1. The maximum absolute atomic E-state index is 11.6. The van der Waals surface area contributed by atoms with E-state index in [1.54, 1.807) is 10.9 Å². The molecule has 0 atom stereocenters. The Hall–Kier alpha value is -2.21. The number of carbonyl (C=O) groups excluding carboxylic acids is 1. The Bertz CT molecular complexity index is 735. The van der Waals surface area contributed by atoms with Gasteiger partial charge in [0.05, 0.1) is 17.8 Å². The third-order valence-electron chi connectivity index (χ3n) is 3.38. The molecule has 3 N–H and O–H groups in total. The van der Waals surface area contributed by atoms with Gasteiger partial charge in [0.2, 0.25) is 0 Å². The minimum Gasteiger partial charge on any atom is -0.444 e. The number of benzene rings is 1. The summed E-state index contributed by atoms with van der Waals surface area (Å²) < 4.78 is 6.93. The standard InChI is InChI=1S/C17H23ClN4O2/c1-11-14(19)6-5-13(15(11)18)12-9-21-22(10-12)8-7-20-16(23)24-17(2,3)4/h5-6,9-10H,7-8,19H2,1-4H3,(H,20,23). The van der Waals surface area contributed by atoms with Crippen molar-refractivity contribution in [3.63, 3.8) is 0 Å². The Kier molecular flexibility index (Phi) is 5.39. The largest absolute Gasteiger partial charge is 0.444 e. The maximum atomic E-state index is 11.6. The zero-order chi connectivity index (χ0) is 17.9. The van der Waals surface area contributed by atoms with Crippen LogP contribution < -0.4 is 11.1 Å². The SMILES string of the molecule is Cc1c(N)ccc(-c2cnn(CCNC(=O)OC(C)(C)C)c2)c1Cl. The van der Waals surface area contributed by atoms with Gasteiger partial charge in [-0.3, -0.25) is 4.68 Å². The molecule has 0 spiro atoms. The Morgan fingerprint density at radius 3 is 2.79 bits per heavy atom. The molecule has 2 rings (SSSR count). The molecular weight excluding hydrogens is 328 g/mol. The second-order valence-electron chi connectivity index (χ2n) is 6.56. The van der Waals surface area contributed by atoms with Crippen molar-refractivity contribution in [3.8, 4) is 11.1 Å². The fraction of sp³-hybridized carbons (Fsp3) is 0.412. The van der Waals surface area contributed by atoms with Crippen LogP contribution in [0.3, 0.4) is 0 Å². The molecule has 0 aliphatic heterocycles. The number of nitrogen functional groups attached to an aromatic ring is 1. The Morgan fingerprint density at radius 2 is 2.12 bits per heavy atom. The molecule has 0 saturated carbocycles. The number of nitrogens with zero attached hydrogens (tertiary/aromatic N) is 2. The fourth-order valence-corrected chi connectivity index (χ4v) is 2.42. The number of aromatic nitrogens is 2. The van der Waals surface area contributed by atoms with Crippen molar-refractivity contribution >= 4 is 23.4 Å². The second-order valence-corrected chi connectivity index (χ2v) is 6.94. The summed E-state index contributed by atoms with van der Waals surface area (Å²) in [6.45, 7) is 8.31. The lowest BCUT2D eigenvalue weighted by Crippen LogP contribution is -2.34. The fourth-order valence-electron chi connectivity index (χ4n) is 2.13. The van der Waals surface area contributed by atoms with Crippen molar-refractivity contribution in [3.05, 3.63) is 35.1 Å². The van der Waals surface area contributed by atoms with Crippen LogP contribution in [0.2, 0.25) is 5.02 Å². The van der Waals surface area contributed by atoms with Crippen LogP contribution in [0, 0.1) is 6.92 Å². The van der Waals surface area contributed by atoms with Gasteiger partial charge in [-0.25, -0.2) is 4.79 Å². The molecule has 1 aromatic carbocycles. The summed E-state index contributed by atoms with van der Waals surface area (Å²) in [5.41, 5.74) is 8.65. The van der Waals surface area contributed by atoms with Crippen molar-refractivity contribution in [2.24, 2.45) is 0 Å². The van der Waals surface area contributed by atoms with E-state index in [4.69, 9.17) is 22.1 Å². The summed E-state index contributed by atoms with van der Waals surface area (Å²) in [6.07, 6.45) is 3.19. The number of hydrogen-bond acceptors (Lipinski definition) is 4. The van der Waals surface area contributed by atoms with Crippen molar-refractivity contribution in [2.45, 2.75) is 39.8 Å². The smallest absolute Gasteiger partial charge is 0.407 e. The van der Waals surface area contributed by atoms with Gasteiger partial charge in [0, 0.05) is 29.6 Å². The molecule has 0 unspecified atom stereocenters. The zero-order valence-electron chi connectivity index (χ0n) is 14.4. The molecule has 1 heterocycles. The molecule has 0 saturated heterocycles. The summed E-state index contributed by atoms with van der Waals surface area (Å²) >= 11 is 6.36. The van der Waals surface area contributed by atoms with Gasteiger partial charge in [0.1, 0.15) is 5.60 Å². The lowest BCUT2D eigenvalue weighted by molar-refractivity contribution is 0.0525. The van der Waals surface area contributed by atoms with Crippen LogP contribution in [0.15, 0.2) is 24.5 Å². The van der Waals surface area contributed by atoms with E-state index in [2.05, 4.69) is 10.4 Å². The van der Waals surface area contributed by atoms with E-state index in [0.29, 0.717) is 23.8 Å². The monoisotopic (exact) mass is 350 g/mol. The average Bonchev–Trinajstić information content (AvgIpc) is 2.91. The lowest BCUT2D eigenvalue weighted by Gasteiger charge is -2.19. The summed E-state index contributed by atoms with van der Waals surface area (Å²) in [6, 6.07) is 3.71. The van der Waals surface area contributed by atoms with E-state index >= 15 is 0 Å². The van der Waals surface area contributed by atoms with Crippen LogP contribution in [0.1, 0.15) is 26.3 Å². The van der Waals surface area contributed by atoms with Gasteiger partial charge < -0.3 is 15.8 Å². The number of halogens is 1. The van der Waals surface area contributed by atoms with Gasteiger partial charge in [-0.05, 0) is 39.3 Å². The van der Waals surface area contributed by atoms with Crippen LogP contribution in [-0.2, 0) is 11.3 Å². The van der Waals surface area contributed by atoms with E-state index in [1.165, 1.54) is 0 Å². The number of carbonyl (C=O) groups is 1. The third-order valence-corrected chi connectivity index (χ3v) is 3.87. The maximum Gasteiger partial charge on any atom is 0.407 e. The lowest BCUT2D eigenvalue weighted by atomic mass is 10.1. The van der Waals surface area contributed by atoms with E-state index in [9.17, 15) is 4.79 Å². The number of rotatable bonds is 4. The Balaban J connectivity index is 1.97. The van der Waals surface area contributed by atoms with Crippen molar-refractivity contribution in [1.82, 2.24) is 15.1 Å². The summed E-state index contributed by atoms with van der Waals surface area (Å²) in [4.78, 5) is 11.6. The van der Waals surface area contributed by atoms with Crippen molar-refractivity contribution < 1.29 is 9.53 Å². The van der Waals surface area contributed by atoms with Crippen molar-refractivity contribution in [2.75, 3.05) is 12.3 Å². The second kappa shape index (κ2) is 7.13. The minimum absolute atomic E-state index is 0.421. The van der Waals surface area contributed by atoms with Gasteiger partial charge in [-0.2, -0.15) is 5.10 Å². The number of hydrogen-bond donors (Lipinski definition) is 2. The minimum atomic E-state index is -0.507. The number of anilines is 1. The molecule has 0 fully saturated rings. The number of nitrogens with two attached hydrogens (primary N) is 1. The van der Waals surface area contributed by atoms with Crippen LogP contribution in [0.5, 0.6) is 0 Å². The first kappa shape index (κ1) is 18.1. The summed E-state index contributed by atoms with van der Waals surface area (Å²) in [5, 5.41) is 7.62. The number of nitrogens with one attached hydrogen (secondary N) is 1. The number of amides is 1. The quantitative estimate of drug-likeness (QED) is 0.825. The normalized spacial score (nSPS) is 11.4. The zero-order valence-corrected chi connectivity index (χ0v) is 15.1. The molecule has 0 aliphatic carbocycles. The van der Waals surface area contributed by atoms with Crippen LogP contribution >= 0.6 is 11.6 Å². The van der Waals surface area contributed by atoms with Gasteiger partial charge in [-0.15, -0.1) is 0 Å².